The molecule has 6 heteroatoms. The van der Waals surface area contributed by atoms with E-state index in [1.807, 2.05) is 19.2 Å². The molecule has 5 nitrogen and oxygen atoms in total. The summed E-state index contributed by atoms with van der Waals surface area (Å²) in [5, 5.41) is 6.85. The van der Waals surface area contributed by atoms with Crippen LogP contribution in [-0.2, 0) is 0 Å². The molecule has 1 aromatic rings. The van der Waals surface area contributed by atoms with Crippen molar-refractivity contribution in [2.24, 2.45) is 4.99 Å². The van der Waals surface area contributed by atoms with Gasteiger partial charge in [0.25, 0.3) is 0 Å². The Hall–Kier alpha value is -1.02. The quantitative estimate of drug-likeness (QED) is 0.180. The van der Waals surface area contributed by atoms with Gasteiger partial charge in [-0.2, -0.15) is 0 Å². The first-order valence-electron chi connectivity index (χ1n) is 10.3. The number of nitrogens with one attached hydrogen (secondary N) is 2. The highest BCUT2D eigenvalue weighted by atomic mass is 127. The lowest BCUT2D eigenvalue weighted by Gasteiger charge is -2.15. The third kappa shape index (κ3) is 12.4. The number of nitrogens with zero attached hydrogens (tertiary/aromatic N) is 2. The Morgan fingerprint density at radius 3 is 2.21 bits per heavy atom. The summed E-state index contributed by atoms with van der Waals surface area (Å²) in [7, 11) is 7.82. The van der Waals surface area contributed by atoms with E-state index in [0.29, 0.717) is 5.92 Å². The standard InChI is InChI=1S/C22H40N4O.HI/c1-19(20-11-13-21(27-5)14-12-20)15-17-25-22(23-2)24-16-9-7-6-8-10-18-26(3)4;/h11-14,19H,6-10,15-18H2,1-5H3,(H2,23,24,25);1H. The third-order valence-electron chi connectivity index (χ3n) is 4.85. The summed E-state index contributed by atoms with van der Waals surface area (Å²) in [5.74, 6) is 2.32. The van der Waals surface area contributed by atoms with Crippen LogP contribution in [0.4, 0.5) is 0 Å². The predicted octanol–water partition coefficient (Wildman–Crippen LogP) is 4.48. The third-order valence-corrected chi connectivity index (χ3v) is 4.85. The van der Waals surface area contributed by atoms with E-state index in [-0.39, 0.29) is 24.0 Å². The monoisotopic (exact) mass is 504 g/mol. The van der Waals surface area contributed by atoms with E-state index in [9.17, 15) is 0 Å². The zero-order chi connectivity index (χ0) is 19.9. The number of hydrogen-bond donors (Lipinski definition) is 2. The normalized spacial score (nSPS) is 12.4. The SMILES string of the molecule is CN=C(NCCCCCCCN(C)C)NCCC(C)c1ccc(OC)cc1.I. The van der Waals surface area contributed by atoms with Crippen LogP contribution in [0.3, 0.4) is 0 Å². The van der Waals surface area contributed by atoms with Gasteiger partial charge in [-0.15, -0.1) is 24.0 Å². The van der Waals surface area contributed by atoms with E-state index in [0.717, 1.165) is 31.2 Å². The van der Waals surface area contributed by atoms with Gasteiger partial charge in [-0.1, -0.05) is 38.3 Å². The number of hydrogen-bond acceptors (Lipinski definition) is 3. The van der Waals surface area contributed by atoms with Crippen LogP contribution in [0, 0.1) is 0 Å². The Balaban J connectivity index is 0.00000729. The molecule has 0 heterocycles. The molecule has 0 aliphatic rings. The zero-order valence-corrected chi connectivity index (χ0v) is 20.8. The summed E-state index contributed by atoms with van der Waals surface area (Å²) in [5.41, 5.74) is 1.34. The smallest absolute Gasteiger partial charge is 0.190 e. The molecule has 0 fully saturated rings. The highest BCUT2D eigenvalue weighted by Gasteiger charge is 2.06. The number of ether oxygens (including phenoxy) is 1. The Kier molecular flexibility index (Phi) is 16.3. The first-order chi connectivity index (χ1) is 13.1. The molecule has 1 atom stereocenters. The summed E-state index contributed by atoms with van der Waals surface area (Å²) in [6, 6.07) is 8.35. The summed E-state index contributed by atoms with van der Waals surface area (Å²) < 4.78 is 5.22. The van der Waals surface area contributed by atoms with Crippen LogP contribution in [0.1, 0.15) is 56.9 Å². The second-order valence-corrected chi connectivity index (χ2v) is 7.46. The van der Waals surface area contributed by atoms with Crippen LogP contribution < -0.4 is 15.4 Å². The highest BCUT2D eigenvalue weighted by Crippen LogP contribution is 2.21. The molecule has 0 saturated heterocycles. The number of aliphatic imine (C=N–C) groups is 1. The van der Waals surface area contributed by atoms with E-state index in [1.54, 1.807) is 7.11 Å². The van der Waals surface area contributed by atoms with Crippen molar-refractivity contribution in [1.29, 1.82) is 0 Å². The van der Waals surface area contributed by atoms with Gasteiger partial charge >= 0.3 is 0 Å². The fourth-order valence-electron chi connectivity index (χ4n) is 3.02. The molecule has 0 amide bonds. The molecule has 0 bridgehead atoms. The maximum Gasteiger partial charge on any atom is 0.190 e. The molecule has 1 aromatic carbocycles. The lowest BCUT2D eigenvalue weighted by Crippen LogP contribution is -2.38. The van der Waals surface area contributed by atoms with Gasteiger partial charge in [-0.25, -0.2) is 0 Å². The van der Waals surface area contributed by atoms with Gasteiger partial charge in [0.1, 0.15) is 5.75 Å². The van der Waals surface area contributed by atoms with Crippen LogP contribution in [0.2, 0.25) is 0 Å². The minimum absolute atomic E-state index is 0. The lowest BCUT2D eigenvalue weighted by molar-refractivity contribution is 0.389. The summed E-state index contributed by atoms with van der Waals surface area (Å²) in [6.07, 6.45) is 7.50. The van der Waals surface area contributed by atoms with Crippen molar-refractivity contribution >= 4 is 29.9 Å². The number of unbranched alkanes of at least 4 members (excludes halogenated alkanes) is 4. The average molecular weight is 505 g/mol. The van der Waals surface area contributed by atoms with Crippen LogP contribution in [0.5, 0.6) is 5.75 Å². The molecular formula is C22H41IN4O. The summed E-state index contributed by atoms with van der Waals surface area (Å²) in [4.78, 5) is 6.58. The van der Waals surface area contributed by atoms with Crippen molar-refractivity contribution in [2.75, 3.05) is 47.9 Å². The van der Waals surface area contributed by atoms with E-state index >= 15 is 0 Å². The fraction of sp³-hybridized carbons (Fsp3) is 0.682. The van der Waals surface area contributed by atoms with Crippen LogP contribution in [-0.4, -0.2) is 58.7 Å². The second-order valence-electron chi connectivity index (χ2n) is 7.46. The van der Waals surface area contributed by atoms with Crippen molar-refractivity contribution in [2.45, 2.75) is 51.4 Å². The molecule has 0 aliphatic carbocycles. The minimum atomic E-state index is 0. The molecule has 0 spiro atoms. The predicted molar refractivity (Wildman–Crippen MR) is 132 cm³/mol. The average Bonchev–Trinajstić information content (AvgIpc) is 2.68. The van der Waals surface area contributed by atoms with Gasteiger partial charge in [0.15, 0.2) is 5.96 Å². The molecule has 28 heavy (non-hydrogen) atoms. The van der Waals surface area contributed by atoms with Crippen LogP contribution >= 0.6 is 24.0 Å². The Labute approximate surface area is 189 Å². The molecular weight excluding hydrogens is 463 g/mol. The largest absolute Gasteiger partial charge is 0.497 e. The van der Waals surface area contributed by atoms with Crippen molar-refractivity contribution in [1.82, 2.24) is 15.5 Å². The Morgan fingerprint density at radius 2 is 1.61 bits per heavy atom. The van der Waals surface area contributed by atoms with Crippen molar-refractivity contribution < 1.29 is 4.74 Å². The number of methoxy groups -OCH3 is 1. The Bertz CT molecular complexity index is 520. The van der Waals surface area contributed by atoms with Gasteiger partial charge in [0.05, 0.1) is 7.11 Å². The van der Waals surface area contributed by atoms with Gasteiger partial charge < -0.3 is 20.3 Å². The highest BCUT2D eigenvalue weighted by molar-refractivity contribution is 14.0. The lowest BCUT2D eigenvalue weighted by atomic mass is 9.98. The number of rotatable bonds is 13. The molecule has 0 aliphatic heterocycles. The minimum Gasteiger partial charge on any atom is -0.497 e. The van der Waals surface area contributed by atoms with Gasteiger partial charge in [0, 0.05) is 20.1 Å². The van der Waals surface area contributed by atoms with Crippen molar-refractivity contribution in [3.63, 3.8) is 0 Å². The van der Waals surface area contributed by atoms with Crippen LogP contribution in [0.15, 0.2) is 29.3 Å². The van der Waals surface area contributed by atoms with Crippen molar-refractivity contribution in [3.8, 4) is 5.75 Å². The topological polar surface area (TPSA) is 48.9 Å². The first-order valence-corrected chi connectivity index (χ1v) is 10.3. The zero-order valence-electron chi connectivity index (χ0n) is 18.5. The number of guanidine groups is 1. The van der Waals surface area contributed by atoms with E-state index < -0.39 is 0 Å². The molecule has 1 unspecified atom stereocenters. The summed E-state index contributed by atoms with van der Waals surface area (Å²) in [6.45, 7) is 5.36. The number of halogens is 1. The number of benzene rings is 1. The first kappa shape index (κ1) is 27.0. The molecule has 1 rings (SSSR count). The molecule has 162 valence electrons. The van der Waals surface area contributed by atoms with E-state index in [1.165, 1.54) is 44.2 Å². The molecule has 0 radical (unpaired) electrons. The van der Waals surface area contributed by atoms with Gasteiger partial charge in [-0.05, 0) is 63.5 Å². The molecule has 0 aromatic heterocycles. The van der Waals surface area contributed by atoms with Crippen LogP contribution in [0.25, 0.3) is 0 Å². The summed E-state index contributed by atoms with van der Waals surface area (Å²) >= 11 is 0. The maximum atomic E-state index is 5.22. The van der Waals surface area contributed by atoms with E-state index in [2.05, 4.69) is 53.7 Å². The van der Waals surface area contributed by atoms with Gasteiger partial charge in [-0.3, -0.25) is 4.99 Å². The second kappa shape index (κ2) is 16.9. The molecule has 0 saturated carbocycles. The maximum absolute atomic E-state index is 5.22. The molecule has 2 N–H and O–H groups in total. The van der Waals surface area contributed by atoms with E-state index in [4.69, 9.17) is 4.74 Å². The Morgan fingerprint density at radius 1 is 1.00 bits per heavy atom. The van der Waals surface area contributed by atoms with Crippen molar-refractivity contribution in [3.05, 3.63) is 29.8 Å². The van der Waals surface area contributed by atoms with Gasteiger partial charge in [0.2, 0.25) is 0 Å². The fourth-order valence-corrected chi connectivity index (χ4v) is 3.02.